The molecule has 3 rings (SSSR count). The van der Waals surface area contributed by atoms with E-state index in [-0.39, 0.29) is 23.8 Å². The Hall–Kier alpha value is -0.640. The Labute approximate surface area is 101 Å². The van der Waals surface area contributed by atoms with Crippen LogP contribution in [0.4, 0.5) is 4.39 Å². The lowest BCUT2D eigenvalue weighted by Crippen LogP contribution is -2.39. The molecule has 1 fully saturated rings. The van der Waals surface area contributed by atoms with E-state index in [1.54, 1.807) is 6.07 Å². The van der Waals surface area contributed by atoms with E-state index in [0.29, 0.717) is 6.61 Å². The average molecular weight is 244 g/mol. The number of hydrogen-bond acceptors (Lipinski definition) is 2. The van der Waals surface area contributed by atoms with E-state index >= 15 is 0 Å². The molecule has 0 amide bonds. The SMILES string of the molecule is Cl.Fc1cccc2c1COC21CCNCC1. The third-order valence-corrected chi connectivity index (χ3v) is 3.51. The first-order valence-electron chi connectivity index (χ1n) is 5.44. The molecule has 0 aliphatic carbocycles. The summed E-state index contributed by atoms with van der Waals surface area (Å²) in [5.41, 5.74) is 1.63. The molecule has 1 aromatic carbocycles. The summed E-state index contributed by atoms with van der Waals surface area (Å²) in [7, 11) is 0. The fourth-order valence-electron chi connectivity index (χ4n) is 2.66. The summed E-state index contributed by atoms with van der Waals surface area (Å²) in [6.07, 6.45) is 1.90. The molecule has 4 heteroatoms. The summed E-state index contributed by atoms with van der Waals surface area (Å²) in [5, 5.41) is 3.31. The number of hydrogen-bond donors (Lipinski definition) is 1. The zero-order valence-electron chi connectivity index (χ0n) is 8.96. The van der Waals surface area contributed by atoms with E-state index in [1.807, 2.05) is 6.07 Å². The van der Waals surface area contributed by atoms with Crippen LogP contribution in [0.1, 0.15) is 24.0 Å². The summed E-state index contributed by atoms with van der Waals surface area (Å²) in [6, 6.07) is 5.31. The minimum absolute atomic E-state index is 0. The van der Waals surface area contributed by atoms with Crippen molar-refractivity contribution in [1.82, 2.24) is 5.32 Å². The van der Waals surface area contributed by atoms with Gasteiger partial charge in [0.05, 0.1) is 12.2 Å². The molecule has 1 aromatic rings. The Morgan fingerprint density at radius 3 is 2.75 bits per heavy atom. The van der Waals surface area contributed by atoms with Crippen LogP contribution in [0.5, 0.6) is 0 Å². The maximum atomic E-state index is 13.5. The first kappa shape index (κ1) is 11.8. The van der Waals surface area contributed by atoms with Gasteiger partial charge in [-0.15, -0.1) is 12.4 Å². The van der Waals surface area contributed by atoms with Gasteiger partial charge in [0.1, 0.15) is 5.82 Å². The van der Waals surface area contributed by atoms with Crippen LogP contribution in [-0.2, 0) is 16.9 Å². The molecule has 2 heterocycles. The van der Waals surface area contributed by atoms with E-state index in [4.69, 9.17) is 4.74 Å². The highest BCUT2D eigenvalue weighted by Crippen LogP contribution is 2.43. The van der Waals surface area contributed by atoms with Gasteiger partial charge in [-0.1, -0.05) is 12.1 Å². The molecule has 1 spiro atoms. The van der Waals surface area contributed by atoms with Crippen LogP contribution in [0.2, 0.25) is 0 Å². The monoisotopic (exact) mass is 243 g/mol. The first-order chi connectivity index (χ1) is 7.32. The summed E-state index contributed by atoms with van der Waals surface area (Å²) < 4.78 is 19.4. The lowest BCUT2D eigenvalue weighted by atomic mass is 9.84. The van der Waals surface area contributed by atoms with Crippen molar-refractivity contribution in [2.45, 2.75) is 25.0 Å². The van der Waals surface area contributed by atoms with Gasteiger partial charge in [0.25, 0.3) is 0 Å². The largest absolute Gasteiger partial charge is 0.365 e. The number of fused-ring (bicyclic) bond motifs is 2. The molecule has 2 aliphatic rings. The van der Waals surface area contributed by atoms with Gasteiger partial charge >= 0.3 is 0 Å². The molecule has 0 radical (unpaired) electrons. The van der Waals surface area contributed by atoms with Gasteiger partial charge in [-0.05, 0) is 37.6 Å². The fourth-order valence-corrected chi connectivity index (χ4v) is 2.66. The normalized spacial score (nSPS) is 21.6. The minimum atomic E-state index is -0.206. The van der Waals surface area contributed by atoms with Gasteiger partial charge in [0.2, 0.25) is 0 Å². The highest BCUT2D eigenvalue weighted by Gasteiger charge is 2.41. The van der Waals surface area contributed by atoms with Crippen molar-refractivity contribution in [2.24, 2.45) is 0 Å². The van der Waals surface area contributed by atoms with Crippen molar-refractivity contribution in [3.8, 4) is 0 Å². The Morgan fingerprint density at radius 1 is 1.25 bits per heavy atom. The molecule has 2 nitrogen and oxygen atoms in total. The number of rotatable bonds is 0. The van der Waals surface area contributed by atoms with Gasteiger partial charge in [0, 0.05) is 5.56 Å². The fraction of sp³-hybridized carbons (Fsp3) is 0.500. The minimum Gasteiger partial charge on any atom is -0.365 e. The van der Waals surface area contributed by atoms with E-state index in [9.17, 15) is 4.39 Å². The highest BCUT2D eigenvalue weighted by atomic mass is 35.5. The second kappa shape index (κ2) is 4.32. The van der Waals surface area contributed by atoms with Gasteiger partial charge in [-0.3, -0.25) is 0 Å². The number of benzene rings is 1. The van der Waals surface area contributed by atoms with E-state index in [0.717, 1.165) is 37.1 Å². The molecule has 0 saturated carbocycles. The van der Waals surface area contributed by atoms with Gasteiger partial charge in [-0.25, -0.2) is 4.39 Å². The zero-order valence-corrected chi connectivity index (χ0v) is 9.78. The van der Waals surface area contributed by atoms with Crippen molar-refractivity contribution in [3.05, 3.63) is 35.1 Å². The quantitative estimate of drug-likeness (QED) is 0.755. The van der Waals surface area contributed by atoms with Crippen molar-refractivity contribution >= 4 is 12.4 Å². The molecule has 1 N–H and O–H groups in total. The predicted octanol–water partition coefficient (Wildman–Crippen LogP) is 2.36. The van der Waals surface area contributed by atoms with E-state index < -0.39 is 0 Å². The predicted molar refractivity (Wildman–Crippen MR) is 62.2 cm³/mol. The maximum absolute atomic E-state index is 13.5. The summed E-state index contributed by atoms with van der Waals surface area (Å²) in [5.74, 6) is -0.122. The summed E-state index contributed by atoms with van der Waals surface area (Å²) in [4.78, 5) is 0. The third-order valence-electron chi connectivity index (χ3n) is 3.51. The van der Waals surface area contributed by atoms with Crippen molar-refractivity contribution in [3.63, 3.8) is 0 Å². The van der Waals surface area contributed by atoms with Crippen LogP contribution in [0.15, 0.2) is 18.2 Å². The molecule has 16 heavy (non-hydrogen) atoms. The van der Waals surface area contributed by atoms with Crippen molar-refractivity contribution in [1.29, 1.82) is 0 Å². The Balaban J connectivity index is 0.000000963. The second-order valence-electron chi connectivity index (χ2n) is 4.30. The lowest BCUT2D eigenvalue weighted by molar-refractivity contribution is -0.0592. The van der Waals surface area contributed by atoms with Gasteiger partial charge < -0.3 is 10.1 Å². The number of halogens is 2. The third kappa shape index (κ3) is 1.63. The Morgan fingerprint density at radius 2 is 2.00 bits per heavy atom. The summed E-state index contributed by atoms with van der Waals surface area (Å²) >= 11 is 0. The number of nitrogens with one attached hydrogen (secondary N) is 1. The maximum Gasteiger partial charge on any atom is 0.129 e. The molecule has 0 atom stereocenters. The van der Waals surface area contributed by atoms with Crippen LogP contribution in [-0.4, -0.2) is 13.1 Å². The topological polar surface area (TPSA) is 21.3 Å². The van der Waals surface area contributed by atoms with Crippen LogP contribution >= 0.6 is 12.4 Å². The molecule has 0 aromatic heterocycles. The standard InChI is InChI=1S/C12H14FNO.ClH/c13-11-3-1-2-10-9(11)8-15-12(10)4-6-14-7-5-12;/h1-3,14H,4-8H2;1H. The molecular weight excluding hydrogens is 229 g/mol. The molecule has 0 bridgehead atoms. The van der Waals surface area contributed by atoms with Crippen molar-refractivity contribution in [2.75, 3.05) is 13.1 Å². The Bertz CT molecular complexity index is 391. The van der Waals surface area contributed by atoms with E-state index in [1.165, 1.54) is 6.07 Å². The zero-order chi connectivity index (χ0) is 10.3. The number of ether oxygens (including phenoxy) is 1. The van der Waals surface area contributed by atoms with Crippen LogP contribution in [0, 0.1) is 5.82 Å². The molecule has 0 unspecified atom stereocenters. The van der Waals surface area contributed by atoms with Gasteiger partial charge in [0.15, 0.2) is 0 Å². The Kier molecular flexibility index (Phi) is 3.19. The smallest absolute Gasteiger partial charge is 0.129 e. The van der Waals surface area contributed by atoms with Gasteiger partial charge in [-0.2, -0.15) is 0 Å². The highest BCUT2D eigenvalue weighted by molar-refractivity contribution is 5.85. The van der Waals surface area contributed by atoms with E-state index in [2.05, 4.69) is 5.32 Å². The van der Waals surface area contributed by atoms with Crippen LogP contribution in [0.3, 0.4) is 0 Å². The van der Waals surface area contributed by atoms with Crippen molar-refractivity contribution < 1.29 is 9.13 Å². The first-order valence-corrected chi connectivity index (χ1v) is 5.44. The second-order valence-corrected chi connectivity index (χ2v) is 4.30. The molecule has 88 valence electrons. The lowest BCUT2D eigenvalue weighted by Gasteiger charge is -2.33. The molecule has 2 aliphatic heterocycles. The van der Waals surface area contributed by atoms with Crippen LogP contribution in [0.25, 0.3) is 0 Å². The molecule has 1 saturated heterocycles. The number of piperidine rings is 1. The van der Waals surface area contributed by atoms with Crippen LogP contribution < -0.4 is 5.32 Å². The average Bonchev–Trinajstić information content (AvgIpc) is 2.61. The summed E-state index contributed by atoms with van der Waals surface area (Å²) in [6.45, 7) is 2.34. The molecular formula is C12H15ClFNO.